The van der Waals surface area contributed by atoms with Gasteiger partial charge in [-0.2, -0.15) is 15.6 Å². The van der Waals surface area contributed by atoms with Crippen LogP contribution in [-0.4, -0.2) is 54.2 Å². The van der Waals surface area contributed by atoms with E-state index < -0.39 is 15.4 Å². The minimum Gasteiger partial charge on any atom is -0.369 e. The average Bonchev–Trinajstić information content (AvgIpc) is 3.64. The fourth-order valence-electron chi connectivity index (χ4n) is 6.30. The van der Waals surface area contributed by atoms with Gasteiger partial charge in [0.15, 0.2) is 9.84 Å². The van der Waals surface area contributed by atoms with Crippen molar-refractivity contribution in [2.45, 2.75) is 56.9 Å². The topological polar surface area (TPSA) is 132 Å². The molecule has 0 spiro atoms. The number of sulfone groups is 1. The molecule has 3 fully saturated rings. The Morgan fingerprint density at radius 3 is 2.40 bits per heavy atom. The van der Waals surface area contributed by atoms with Crippen LogP contribution in [0.15, 0.2) is 48.7 Å². The van der Waals surface area contributed by atoms with Gasteiger partial charge in [0.25, 0.3) is 0 Å². The van der Waals surface area contributed by atoms with E-state index in [0.29, 0.717) is 31.5 Å². The van der Waals surface area contributed by atoms with Gasteiger partial charge in [-0.25, -0.2) is 13.1 Å². The van der Waals surface area contributed by atoms with Gasteiger partial charge in [0.1, 0.15) is 5.54 Å². The normalized spacial score (nSPS) is 22.5. The molecule has 3 aliphatic rings. The Kier molecular flexibility index (Phi) is 7.28. The van der Waals surface area contributed by atoms with Crippen LogP contribution in [0.3, 0.4) is 0 Å². The number of carbonyl (C=O) groups excluding carboxylic acids is 1. The molecule has 0 unspecified atom stereocenters. The lowest BCUT2D eigenvalue weighted by Crippen LogP contribution is -2.42. The van der Waals surface area contributed by atoms with Crippen LogP contribution in [0.5, 0.6) is 0 Å². The molecule has 216 valence electrons. The quantitative estimate of drug-likeness (QED) is 0.456. The Balaban J connectivity index is 1.37. The van der Waals surface area contributed by atoms with Gasteiger partial charge in [0.05, 0.1) is 40.6 Å². The Hall–Kier alpha value is -4.15. The standard InChI is InChI=1S/C32H34N6O3S/c1-22-18-23(19-33)6-11-29(22)38-20-28(24-7-9-25(10-8-24)37-14-16-42(40,41)17-15-37)30(36-38)26-4-2-3-5-27(26)31(39)35-32(21-34)12-13-32/h6-11,18,20,26-27H,2-5,12-17H2,1H3,(H,35,39)/t26-,27-/m1/s1. The lowest BCUT2D eigenvalue weighted by molar-refractivity contribution is -0.127. The van der Waals surface area contributed by atoms with Crippen LogP contribution in [0.4, 0.5) is 5.69 Å². The number of amides is 1. The molecular formula is C32H34N6O3S. The first-order chi connectivity index (χ1) is 20.2. The maximum Gasteiger partial charge on any atom is 0.225 e. The minimum absolute atomic E-state index is 0.0656. The van der Waals surface area contributed by atoms with Crippen LogP contribution >= 0.6 is 0 Å². The Bertz CT molecular complexity index is 1700. The number of carbonyl (C=O) groups is 1. The predicted octanol–water partition coefficient (Wildman–Crippen LogP) is 4.40. The smallest absolute Gasteiger partial charge is 0.225 e. The highest BCUT2D eigenvalue weighted by Crippen LogP contribution is 2.43. The second-order valence-electron chi connectivity index (χ2n) is 11.9. The lowest BCUT2D eigenvalue weighted by atomic mass is 9.75. The number of nitrogens with zero attached hydrogens (tertiary/aromatic N) is 5. The van der Waals surface area contributed by atoms with E-state index in [1.54, 1.807) is 6.07 Å². The van der Waals surface area contributed by atoms with E-state index in [0.717, 1.165) is 59.4 Å². The largest absolute Gasteiger partial charge is 0.369 e. The second kappa shape index (κ2) is 10.9. The molecule has 0 radical (unpaired) electrons. The number of anilines is 1. The van der Waals surface area contributed by atoms with E-state index in [4.69, 9.17) is 5.10 Å². The number of aromatic nitrogens is 2. The van der Waals surface area contributed by atoms with Crippen molar-refractivity contribution in [1.29, 1.82) is 10.5 Å². The van der Waals surface area contributed by atoms with Gasteiger partial charge in [-0.1, -0.05) is 25.0 Å². The highest BCUT2D eigenvalue weighted by molar-refractivity contribution is 7.91. The van der Waals surface area contributed by atoms with Crippen molar-refractivity contribution < 1.29 is 13.2 Å². The first kappa shape index (κ1) is 28.0. The van der Waals surface area contributed by atoms with Crippen LogP contribution in [0.2, 0.25) is 0 Å². The van der Waals surface area contributed by atoms with E-state index in [9.17, 15) is 23.7 Å². The molecule has 2 heterocycles. The molecule has 3 aromatic rings. The molecule has 9 nitrogen and oxygen atoms in total. The Labute approximate surface area is 246 Å². The summed E-state index contributed by atoms with van der Waals surface area (Å²) in [6, 6.07) is 18.1. The highest BCUT2D eigenvalue weighted by atomic mass is 32.2. The first-order valence-electron chi connectivity index (χ1n) is 14.6. The van der Waals surface area contributed by atoms with Gasteiger partial charge in [-0.3, -0.25) is 4.79 Å². The van der Waals surface area contributed by atoms with E-state index in [2.05, 4.69) is 22.4 Å². The van der Waals surface area contributed by atoms with Gasteiger partial charge >= 0.3 is 0 Å². The molecule has 2 atom stereocenters. The third-order valence-electron chi connectivity index (χ3n) is 8.98. The molecule has 10 heteroatoms. The van der Waals surface area contributed by atoms with Gasteiger partial charge in [-0.05, 0) is 74.1 Å². The zero-order valence-corrected chi connectivity index (χ0v) is 24.5. The van der Waals surface area contributed by atoms with Crippen molar-refractivity contribution in [3.05, 3.63) is 65.5 Å². The summed E-state index contributed by atoms with van der Waals surface area (Å²) in [5.41, 5.74) is 5.40. The zero-order valence-electron chi connectivity index (χ0n) is 23.7. The third-order valence-corrected chi connectivity index (χ3v) is 10.6. The number of rotatable bonds is 6. The van der Waals surface area contributed by atoms with Crippen molar-refractivity contribution in [2.24, 2.45) is 5.92 Å². The van der Waals surface area contributed by atoms with Gasteiger partial charge < -0.3 is 10.2 Å². The predicted molar refractivity (Wildman–Crippen MR) is 160 cm³/mol. The Morgan fingerprint density at radius 1 is 1.05 bits per heavy atom. The van der Waals surface area contributed by atoms with Crippen molar-refractivity contribution in [1.82, 2.24) is 15.1 Å². The monoisotopic (exact) mass is 582 g/mol. The highest BCUT2D eigenvalue weighted by Gasteiger charge is 2.47. The van der Waals surface area contributed by atoms with Crippen molar-refractivity contribution in [3.8, 4) is 29.0 Å². The maximum atomic E-state index is 13.5. The van der Waals surface area contributed by atoms with E-state index in [1.165, 1.54) is 0 Å². The van der Waals surface area contributed by atoms with Crippen molar-refractivity contribution in [2.75, 3.05) is 29.5 Å². The van der Waals surface area contributed by atoms with E-state index >= 15 is 0 Å². The van der Waals surface area contributed by atoms with Crippen LogP contribution < -0.4 is 10.2 Å². The second-order valence-corrected chi connectivity index (χ2v) is 14.2. The molecule has 0 bridgehead atoms. The summed E-state index contributed by atoms with van der Waals surface area (Å²) >= 11 is 0. The fourth-order valence-corrected chi connectivity index (χ4v) is 7.50. The molecular weight excluding hydrogens is 548 g/mol. The van der Waals surface area contributed by atoms with Gasteiger partial charge in [0.2, 0.25) is 5.91 Å². The molecule has 2 aromatic carbocycles. The molecule has 1 aliphatic heterocycles. The molecule has 6 rings (SSSR count). The molecule has 1 saturated heterocycles. The summed E-state index contributed by atoms with van der Waals surface area (Å²) in [4.78, 5) is 15.6. The molecule has 2 saturated carbocycles. The number of hydrogen-bond donors (Lipinski definition) is 1. The number of hydrogen-bond acceptors (Lipinski definition) is 7. The molecule has 1 aromatic heterocycles. The summed E-state index contributed by atoms with van der Waals surface area (Å²) in [7, 11) is -2.97. The summed E-state index contributed by atoms with van der Waals surface area (Å²) in [5.74, 6) is -0.121. The average molecular weight is 583 g/mol. The summed E-state index contributed by atoms with van der Waals surface area (Å²) in [5, 5.41) is 27.1. The summed E-state index contributed by atoms with van der Waals surface area (Å²) < 4.78 is 25.7. The lowest BCUT2D eigenvalue weighted by Gasteiger charge is -2.31. The van der Waals surface area contributed by atoms with Gasteiger partial charge in [0, 0.05) is 42.4 Å². The SMILES string of the molecule is Cc1cc(C#N)ccc1-n1cc(-c2ccc(N3CCS(=O)(=O)CC3)cc2)c([C@@H]2CCCC[C@H]2C(=O)NC2(C#N)CC2)n1. The zero-order chi connectivity index (χ0) is 29.5. The molecule has 1 N–H and O–H groups in total. The van der Waals surface area contributed by atoms with Crippen molar-refractivity contribution in [3.63, 3.8) is 0 Å². The third kappa shape index (κ3) is 5.52. The summed E-state index contributed by atoms with van der Waals surface area (Å²) in [6.07, 6.45) is 6.92. The maximum absolute atomic E-state index is 13.5. The summed E-state index contributed by atoms with van der Waals surface area (Å²) in [6.45, 7) is 2.91. The van der Waals surface area contributed by atoms with Crippen LogP contribution in [-0.2, 0) is 14.6 Å². The number of nitriles is 2. The first-order valence-corrected chi connectivity index (χ1v) is 16.4. The molecule has 42 heavy (non-hydrogen) atoms. The van der Waals surface area contributed by atoms with Gasteiger partial charge in [-0.15, -0.1) is 0 Å². The number of nitrogens with one attached hydrogen (secondary N) is 1. The minimum atomic E-state index is -2.97. The van der Waals surface area contributed by atoms with Crippen LogP contribution in [0, 0.1) is 35.5 Å². The number of aryl methyl sites for hydroxylation is 1. The fraction of sp³-hybridized carbons (Fsp3) is 0.438. The van der Waals surface area contributed by atoms with Crippen LogP contribution in [0.25, 0.3) is 16.8 Å². The molecule has 1 amide bonds. The number of benzene rings is 2. The van der Waals surface area contributed by atoms with E-state index in [-0.39, 0.29) is 29.2 Å². The van der Waals surface area contributed by atoms with Crippen LogP contribution in [0.1, 0.15) is 61.3 Å². The van der Waals surface area contributed by atoms with E-state index in [1.807, 2.05) is 54.2 Å². The Morgan fingerprint density at radius 2 is 1.76 bits per heavy atom. The molecule has 2 aliphatic carbocycles. The van der Waals surface area contributed by atoms with Crippen molar-refractivity contribution >= 4 is 21.4 Å².